The highest BCUT2D eigenvalue weighted by atomic mass is 19.4. The van der Waals surface area contributed by atoms with Crippen molar-refractivity contribution in [1.82, 2.24) is 10.2 Å². The standard InChI is InChI=1S/C12H19F3N2O2/c1-4-8-9(18)16-11(2,3)10(19)17(8)7-5-6-12(13,14)15/h8H,4-7H2,1-3H3,(H,16,18). The summed E-state index contributed by atoms with van der Waals surface area (Å²) in [6.45, 7) is 4.78. The van der Waals surface area contributed by atoms with Gasteiger partial charge in [-0.05, 0) is 26.7 Å². The lowest BCUT2D eigenvalue weighted by Gasteiger charge is -2.42. The molecule has 110 valence electrons. The van der Waals surface area contributed by atoms with Gasteiger partial charge in [-0.1, -0.05) is 6.92 Å². The first-order valence-corrected chi connectivity index (χ1v) is 6.28. The van der Waals surface area contributed by atoms with E-state index in [1.165, 1.54) is 4.90 Å². The largest absolute Gasteiger partial charge is 0.389 e. The Morgan fingerprint density at radius 3 is 2.37 bits per heavy atom. The van der Waals surface area contributed by atoms with Crippen LogP contribution in [0.25, 0.3) is 0 Å². The van der Waals surface area contributed by atoms with Crippen molar-refractivity contribution >= 4 is 11.8 Å². The number of halogens is 3. The van der Waals surface area contributed by atoms with Crippen LogP contribution in [0.3, 0.4) is 0 Å². The van der Waals surface area contributed by atoms with Gasteiger partial charge in [0.15, 0.2) is 0 Å². The van der Waals surface area contributed by atoms with E-state index in [-0.39, 0.29) is 24.8 Å². The average molecular weight is 280 g/mol. The van der Waals surface area contributed by atoms with E-state index in [1.54, 1.807) is 20.8 Å². The van der Waals surface area contributed by atoms with Crippen molar-refractivity contribution in [1.29, 1.82) is 0 Å². The SMILES string of the molecule is CCC1C(=O)NC(C)(C)C(=O)N1CCCC(F)(F)F. The normalized spacial score (nSPS) is 23.5. The predicted molar refractivity (Wildman–Crippen MR) is 63.3 cm³/mol. The Labute approximate surface area is 110 Å². The zero-order valence-corrected chi connectivity index (χ0v) is 11.3. The molecule has 0 aliphatic carbocycles. The molecule has 1 unspecified atom stereocenters. The Bertz CT molecular complexity index is 366. The third kappa shape index (κ3) is 3.84. The van der Waals surface area contributed by atoms with Crippen molar-refractivity contribution in [2.75, 3.05) is 6.54 Å². The lowest BCUT2D eigenvalue weighted by atomic mass is 9.95. The first-order valence-electron chi connectivity index (χ1n) is 6.28. The maximum atomic E-state index is 12.1. The Morgan fingerprint density at radius 2 is 1.89 bits per heavy atom. The van der Waals surface area contributed by atoms with Gasteiger partial charge in [-0.15, -0.1) is 0 Å². The summed E-state index contributed by atoms with van der Waals surface area (Å²) < 4.78 is 36.4. The summed E-state index contributed by atoms with van der Waals surface area (Å²) in [7, 11) is 0. The summed E-state index contributed by atoms with van der Waals surface area (Å²) in [5.41, 5.74) is -1.05. The van der Waals surface area contributed by atoms with Gasteiger partial charge in [0.1, 0.15) is 11.6 Å². The molecule has 1 saturated heterocycles. The molecule has 7 heteroatoms. The van der Waals surface area contributed by atoms with Crippen molar-refractivity contribution < 1.29 is 22.8 Å². The van der Waals surface area contributed by atoms with Crippen LogP contribution >= 0.6 is 0 Å². The van der Waals surface area contributed by atoms with Gasteiger partial charge in [-0.2, -0.15) is 13.2 Å². The number of rotatable bonds is 4. The van der Waals surface area contributed by atoms with Crippen LogP contribution in [0.15, 0.2) is 0 Å². The fourth-order valence-electron chi connectivity index (χ4n) is 2.20. The summed E-state index contributed by atoms with van der Waals surface area (Å²) >= 11 is 0. The lowest BCUT2D eigenvalue weighted by Crippen LogP contribution is -2.68. The fourth-order valence-corrected chi connectivity index (χ4v) is 2.20. The van der Waals surface area contributed by atoms with E-state index in [0.717, 1.165) is 0 Å². The van der Waals surface area contributed by atoms with E-state index in [0.29, 0.717) is 6.42 Å². The highest BCUT2D eigenvalue weighted by Crippen LogP contribution is 2.24. The molecule has 1 aliphatic rings. The van der Waals surface area contributed by atoms with Crippen LogP contribution < -0.4 is 5.32 Å². The number of hydrogen-bond donors (Lipinski definition) is 1. The van der Waals surface area contributed by atoms with Crippen LogP contribution in [0.4, 0.5) is 13.2 Å². The van der Waals surface area contributed by atoms with Crippen LogP contribution in [0, 0.1) is 0 Å². The van der Waals surface area contributed by atoms with E-state index >= 15 is 0 Å². The van der Waals surface area contributed by atoms with Gasteiger partial charge < -0.3 is 10.2 Å². The summed E-state index contributed by atoms with van der Waals surface area (Å²) in [6, 6.07) is -0.672. The molecule has 1 N–H and O–H groups in total. The monoisotopic (exact) mass is 280 g/mol. The minimum Gasteiger partial charge on any atom is -0.340 e. The van der Waals surface area contributed by atoms with Crippen LogP contribution in [0.5, 0.6) is 0 Å². The molecular formula is C12H19F3N2O2. The summed E-state index contributed by atoms with van der Waals surface area (Å²) in [4.78, 5) is 25.2. The zero-order valence-electron chi connectivity index (χ0n) is 11.3. The number of amides is 2. The maximum Gasteiger partial charge on any atom is 0.389 e. The van der Waals surface area contributed by atoms with Gasteiger partial charge in [0.05, 0.1) is 0 Å². The maximum absolute atomic E-state index is 12.1. The van der Waals surface area contributed by atoms with Crippen molar-refractivity contribution in [2.45, 2.75) is 57.8 Å². The van der Waals surface area contributed by atoms with E-state index in [2.05, 4.69) is 5.32 Å². The minimum absolute atomic E-state index is 0.0479. The first-order chi connectivity index (χ1) is 8.58. The smallest absolute Gasteiger partial charge is 0.340 e. The Hall–Kier alpha value is -1.27. The molecule has 0 saturated carbocycles. The minimum atomic E-state index is -4.24. The number of hydrogen-bond acceptors (Lipinski definition) is 2. The second-order valence-corrected chi connectivity index (χ2v) is 5.26. The lowest BCUT2D eigenvalue weighted by molar-refractivity contribution is -0.155. The van der Waals surface area contributed by atoms with Crippen LogP contribution in [-0.2, 0) is 9.59 Å². The van der Waals surface area contributed by atoms with Gasteiger partial charge in [0, 0.05) is 13.0 Å². The van der Waals surface area contributed by atoms with Crippen molar-refractivity contribution in [2.24, 2.45) is 0 Å². The summed E-state index contributed by atoms with van der Waals surface area (Å²) in [5.74, 6) is -0.639. The van der Waals surface area contributed by atoms with Crippen molar-refractivity contribution in [3.63, 3.8) is 0 Å². The van der Waals surface area contributed by atoms with Crippen molar-refractivity contribution in [3.8, 4) is 0 Å². The molecular weight excluding hydrogens is 261 g/mol. The van der Waals surface area contributed by atoms with Gasteiger partial charge in [-0.25, -0.2) is 0 Å². The molecule has 19 heavy (non-hydrogen) atoms. The summed E-state index contributed by atoms with van der Waals surface area (Å²) in [6.07, 6.45) is -4.98. The highest BCUT2D eigenvalue weighted by molar-refractivity contribution is 5.99. The molecule has 0 bridgehead atoms. The topological polar surface area (TPSA) is 49.4 Å². The van der Waals surface area contributed by atoms with Gasteiger partial charge >= 0.3 is 6.18 Å². The average Bonchev–Trinajstić information content (AvgIpc) is 2.23. The first kappa shape index (κ1) is 15.8. The van der Waals surface area contributed by atoms with Crippen LogP contribution in [0.1, 0.15) is 40.0 Å². The van der Waals surface area contributed by atoms with E-state index in [1.807, 2.05) is 0 Å². The molecule has 0 aromatic rings. The third-order valence-corrected chi connectivity index (χ3v) is 3.16. The molecule has 4 nitrogen and oxygen atoms in total. The molecule has 2 amide bonds. The molecule has 1 fully saturated rings. The van der Waals surface area contributed by atoms with E-state index in [4.69, 9.17) is 0 Å². The van der Waals surface area contributed by atoms with Crippen molar-refractivity contribution in [3.05, 3.63) is 0 Å². The molecule has 0 radical (unpaired) electrons. The second-order valence-electron chi connectivity index (χ2n) is 5.26. The number of piperazine rings is 1. The molecule has 0 aromatic carbocycles. The number of nitrogens with zero attached hydrogens (tertiary/aromatic N) is 1. The Balaban J connectivity index is 2.75. The number of carbonyl (C=O) groups excluding carboxylic acids is 2. The van der Waals surface area contributed by atoms with E-state index in [9.17, 15) is 22.8 Å². The zero-order chi connectivity index (χ0) is 14.8. The molecule has 0 aromatic heterocycles. The van der Waals surface area contributed by atoms with Gasteiger partial charge in [0.2, 0.25) is 11.8 Å². The molecule has 1 aliphatic heterocycles. The molecule has 1 rings (SSSR count). The summed E-state index contributed by atoms with van der Waals surface area (Å²) in [5, 5.41) is 2.59. The molecule has 1 heterocycles. The predicted octanol–water partition coefficient (Wildman–Crippen LogP) is 1.84. The highest BCUT2D eigenvalue weighted by Gasteiger charge is 2.44. The fraction of sp³-hybridized carbons (Fsp3) is 0.833. The van der Waals surface area contributed by atoms with Gasteiger partial charge in [0.25, 0.3) is 0 Å². The van der Waals surface area contributed by atoms with Gasteiger partial charge in [-0.3, -0.25) is 9.59 Å². The third-order valence-electron chi connectivity index (χ3n) is 3.16. The number of carbonyl (C=O) groups is 2. The Morgan fingerprint density at radius 1 is 1.32 bits per heavy atom. The molecule has 0 spiro atoms. The van der Waals surface area contributed by atoms with Crippen LogP contribution in [-0.4, -0.2) is 41.0 Å². The van der Waals surface area contributed by atoms with E-state index < -0.39 is 24.2 Å². The number of alkyl halides is 3. The number of nitrogens with one attached hydrogen (secondary N) is 1. The Kier molecular flexibility index (Phi) is 4.47. The molecule has 1 atom stereocenters. The van der Waals surface area contributed by atoms with Crippen LogP contribution in [0.2, 0.25) is 0 Å². The quantitative estimate of drug-likeness (QED) is 0.854. The second kappa shape index (κ2) is 5.38.